The van der Waals surface area contributed by atoms with E-state index in [1.807, 2.05) is 0 Å². The van der Waals surface area contributed by atoms with Crippen molar-refractivity contribution >= 4 is 17.9 Å². The maximum Gasteiger partial charge on any atom is 0.306 e. The minimum atomic E-state index is -0.821. The van der Waals surface area contributed by atoms with Crippen LogP contribution >= 0.6 is 0 Å². The summed E-state index contributed by atoms with van der Waals surface area (Å²) in [6, 6.07) is 0. The first-order valence-electron chi connectivity index (χ1n) is 24.0. The van der Waals surface area contributed by atoms with Gasteiger partial charge in [0.1, 0.15) is 13.2 Å². The van der Waals surface area contributed by atoms with Crippen LogP contribution < -0.4 is 0 Å². The Morgan fingerprint density at radius 2 is 0.607 bits per heavy atom. The van der Waals surface area contributed by atoms with Gasteiger partial charge in [0.25, 0.3) is 0 Å². The highest BCUT2D eigenvalue weighted by Gasteiger charge is 2.19. The van der Waals surface area contributed by atoms with E-state index in [0.29, 0.717) is 12.8 Å². The Morgan fingerprint density at radius 1 is 0.328 bits per heavy atom. The standard InChI is InChI=1S/C55H86O6/c1-4-7-10-13-16-19-22-25-27-28-29-31-33-36-39-42-45-48-54(57)60-51-52(50-59-53(56)47-44-41-38-35-32-24-21-18-15-12-9-6-3)61-55(58)49-46-43-40-37-34-30-26-23-20-17-14-11-8-5-2/h7-12,16-21,25-27,29-31,36,39,52H,4-6,13-15,22-24,28,32-35,37-38,40-51H2,1-3H3/b10-7-,11-8-,12-9-,19-16-,20-17-,21-18-,27-25-,30-26-,31-29-,39-36-. The molecule has 0 aromatic heterocycles. The summed E-state index contributed by atoms with van der Waals surface area (Å²) in [4.78, 5) is 37.9. The van der Waals surface area contributed by atoms with Crippen LogP contribution in [0.4, 0.5) is 0 Å². The molecule has 61 heavy (non-hydrogen) atoms. The monoisotopic (exact) mass is 843 g/mol. The smallest absolute Gasteiger partial charge is 0.306 e. The van der Waals surface area contributed by atoms with Gasteiger partial charge < -0.3 is 14.2 Å². The number of rotatable bonds is 41. The predicted molar refractivity (Wildman–Crippen MR) is 260 cm³/mol. The van der Waals surface area contributed by atoms with Crippen LogP contribution in [0.15, 0.2) is 122 Å². The molecule has 0 saturated carbocycles. The number of carbonyl (C=O) groups is 3. The van der Waals surface area contributed by atoms with Crippen molar-refractivity contribution in [2.24, 2.45) is 0 Å². The van der Waals surface area contributed by atoms with Crippen LogP contribution in [0.25, 0.3) is 0 Å². The molecule has 0 amide bonds. The quantitative estimate of drug-likeness (QED) is 0.0264. The third-order valence-electron chi connectivity index (χ3n) is 9.44. The van der Waals surface area contributed by atoms with Gasteiger partial charge in [0.05, 0.1) is 0 Å². The maximum absolute atomic E-state index is 12.8. The largest absolute Gasteiger partial charge is 0.462 e. The Kier molecular flexibility index (Phi) is 45.1. The molecule has 0 heterocycles. The molecule has 0 spiro atoms. The Morgan fingerprint density at radius 3 is 0.984 bits per heavy atom. The lowest BCUT2D eigenvalue weighted by Gasteiger charge is -2.18. The van der Waals surface area contributed by atoms with Crippen LogP contribution in [0.3, 0.4) is 0 Å². The van der Waals surface area contributed by atoms with Crippen LogP contribution in [-0.4, -0.2) is 37.2 Å². The summed E-state index contributed by atoms with van der Waals surface area (Å²) in [6.07, 6.45) is 66.2. The first kappa shape index (κ1) is 56.8. The van der Waals surface area contributed by atoms with Crippen LogP contribution in [0.1, 0.15) is 188 Å². The lowest BCUT2D eigenvalue weighted by atomic mass is 10.1. The number of allylic oxidation sites excluding steroid dienone is 20. The molecule has 0 saturated heterocycles. The zero-order chi connectivity index (χ0) is 44.4. The van der Waals surface area contributed by atoms with Crippen LogP contribution in [0.5, 0.6) is 0 Å². The first-order chi connectivity index (χ1) is 30.0. The van der Waals surface area contributed by atoms with Crippen LogP contribution in [0.2, 0.25) is 0 Å². The van der Waals surface area contributed by atoms with Crippen molar-refractivity contribution in [2.45, 2.75) is 194 Å². The number of esters is 3. The van der Waals surface area contributed by atoms with Crippen molar-refractivity contribution in [3.63, 3.8) is 0 Å². The summed E-state index contributed by atoms with van der Waals surface area (Å²) in [6.45, 7) is 6.19. The molecule has 0 aromatic carbocycles. The van der Waals surface area contributed by atoms with Gasteiger partial charge >= 0.3 is 17.9 Å². The van der Waals surface area contributed by atoms with E-state index in [1.54, 1.807) is 0 Å². The van der Waals surface area contributed by atoms with Gasteiger partial charge in [-0.05, 0) is 116 Å². The molecule has 0 aliphatic heterocycles. The molecule has 1 unspecified atom stereocenters. The number of ether oxygens (including phenoxy) is 3. The van der Waals surface area contributed by atoms with E-state index in [9.17, 15) is 14.4 Å². The Bertz CT molecular complexity index is 1340. The first-order valence-corrected chi connectivity index (χ1v) is 24.0. The lowest BCUT2D eigenvalue weighted by Crippen LogP contribution is -2.30. The molecule has 0 fully saturated rings. The Balaban J connectivity index is 4.55. The molecule has 0 aliphatic rings. The van der Waals surface area contributed by atoms with Gasteiger partial charge in [0.15, 0.2) is 6.10 Å². The molecule has 6 heteroatoms. The highest BCUT2D eigenvalue weighted by Crippen LogP contribution is 2.12. The van der Waals surface area contributed by atoms with E-state index in [-0.39, 0.29) is 44.0 Å². The molecule has 0 N–H and O–H groups in total. The highest BCUT2D eigenvalue weighted by molar-refractivity contribution is 5.71. The van der Waals surface area contributed by atoms with E-state index in [0.717, 1.165) is 141 Å². The van der Waals surface area contributed by atoms with Gasteiger partial charge in [-0.25, -0.2) is 0 Å². The summed E-state index contributed by atoms with van der Waals surface area (Å²) < 4.78 is 16.7. The normalized spacial score (nSPS) is 13.2. The fourth-order valence-corrected chi connectivity index (χ4v) is 5.94. The number of unbranched alkanes of at least 4 members (excludes halogenated alkanes) is 10. The van der Waals surface area contributed by atoms with Crippen molar-refractivity contribution in [1.29, 1.82) is 0 Å². The average Bonchev–Trinajstić information content (AvgIpc) is 3.26. The van der Waals surface area contributed by atoms with Gasteiger partial charge in [-0.3, -0.25) is 14.4 Å². The van der Waals surface area contributed by atoms with Gasteiger partial charge in [0.2, 0.25) is 0 Å². The topological polar surface area (TPSA) is 78.9 Å². The maximum atomic E-state index is 12.8. The van der Waals surface area contributed by atoms with E-state index < -0.39 is 6.10 Å². The lowest BCUT2D eigenvalue weighted by molar-refractivity contribution is -0.167. The predicted octanol–water partition coefficient (Wildman–Crippen LogP) is 15.7. The van der Waals surface area contributed by atoms with Gasteiger partial charge in [0, 0.05) is 19.3 Å². The molecule has 1 atom stereocenters. The van der Waals surface area contributed by atoms with Crippen molar-refractivity contribution in [3.8, 4) is 0 Å². The summed E-state index contributed by atoms with van der Waals surface area (Å²) in [5.41, 5.74) is 0. The number of carbonyl (C=O) groups excluding carboxylic acids is 3. The van der Waals surface area contributed by atoms with Crippen LogP contribution in [-0.2, 0) is 28.6 Å². The second kappa shape index (κ2) is 48.5. The summed E-state index contributed by atoms with van der Waals surface area (Å²) in [7, 11) is 0. The molecule has 0 bridgehead atoms. The van der Waals surface area contributed by atoms with E-state index >= 15 is 0 Å². The molecule has 0 radical (unpaired) electrons. The van der Waals surface area contributed by atoms with Crippen molar-refractivity contribution < 1.29 is 28.6 Å². The molecule has 0 rings (SSSR count). The highest BCUT2D eigenvalue weighted by atomic mass is 16.6. The summed E-state index contributed by atoms with van der Waals surface area (Å²) in [5, 5.41) is 0. The van der Waals surface area contributed by atoms with E-state index in [2.05, 4.69) is 142 Å². The van der Waals surface area contributed by atoms with E-state index in [1.165, 1.54) is 0 Å². The molecular formula is C55H86O6. The van der Waals surface area contributed by atoms with Crippen molar-refractivity contribution in [2.75, 3.05) is 13.2 Å². The third kappa shape index (κ3) is 46.7. The Labute approximate surface area is 373 Å². The average molecular weight is 843 g/mol. The van der Waals surface area contributed by atoms with Crippen molar-refractivity contribution in [3.05, 3.63) is 122 Å². The number of hydrogen-bond donors (Lipinski definition) is 0. The minimum Gasteiger partial charge on any atom is -0.462 e. The van der Waals surface area contributed by atoms with Gasteiger partial charge in [-0.2, -0.15) is 0 Å². The Hall–Kier alpha value is -4.19. The van der Waals surface area contributed by atoms with E-state index in [4.69, 9.17) is 14.2 Å². The second-order valence-electron chi connectivity index (χ2n) is 15.2. The second-order valence-corrected chi connectivity index (χ2v) is 15.2. The fraction of sp³-hybridized carbons (Fsp3) is 0.582. The number of hydrogen-bond acceptors (Lipinski definition) is 6. The zero-order valence-electron chi connectivity index (χ0n) is 38.9. The summed E-state index contributed by atoms with van der Waals surface area (Å²) in [5.74, 6) is -1.03. The minimum absolute atomic E-state index is 0.116. The fourth-order valence-electron chi connectivity index (χ4n) is 5.94. The molecule has 0 aromatic rings. The third-order valence-corrected chi connectivity index (χ3v) is 9.44. The zero-order valence-corrected chi connectivity index (χ0v) is 38.9. The molecular weight excluding hydrogens is 757 g/mol. The van der Waals surface area contributed by atoms with Gasteiger partial charge in [-0.15, -0.1) is 0 Å². The van der Waals surface area contributed by atoms with Crippen molar-refractivity contribution in [1.82, 2.24) is 0 Å². The SMILES string of the molecule is CC/C=C\C/C=C\C/C=C\C/C=C\C/C=C\CCCC(=O)OCC(COC(=O)CCCCCCC/C=C\C/C=C\CC)OC(=O)CCCCCC/C=C\C/C=C\C/C=C\CC. The van der Waals surface area contributed by atoms with Crippen LogP contribution in [0, 0.1) is 0 Å². The molecule has 342 valence electrons. The molecule has 0 aliphatic carbocycles. The van der Waals surface area contributed by atoms with Gasteiger partial charge in [-0.1, -0.05) is 174 Å². The summed E-state index contributed by atoms with van der Waals surface area (Å²) >= 11 is 0. The molecule has 6 nitrogen and oxygen atoms in total.